The molecule has 272 valence electrons. The SMILES string of the molecule is CC.CCC1CCN(Cc2ccc(C(=O)NC(CCS(C)(=O)=O)C(=O)O)c(-c3ccccc3C)c2)C1.COC.COCC1CCCCC1. The predicted molar refractivity (Wildman–Crippen MR) is 196 cm³/mol. The zero-order valence-electron chi connectivity index (χ0n) is 30.7. The number of aryl methyl sites for hydroxylation is 1. The van der Waals surface area contributed by atoms with Crippen molar-refractivity contribution in [3.05, 3.63) is 59.2 Å². The monoisotopic (exact) mass is 690 g/mol. The highest BCUT2D eigenvalue weighted by Crippen LogP contribution is 2.30. The molecule has 1 aliphatic carbocycles. The average Bonchev–Trinajstić information content (AvgIpc) is 3.52. The van der Waals surface area contributed by atoms with Gasteiger partial charge in [0.25, 0.3) is 5.91 Å². The summed E-state index contributed by atoms with van der Waals surface area (Å²) in [5, 5.41) is 12.1. The van der Waals surface area contributed by atoms with Gasteiger partial charge in [-0.2, -0.15) is 0 Å². The first-order chi connectivity index (χ1) is 22.9. The van der Waals surface area contributed by atoms with Gasteiger partial charge in [0.1, 0.15) is 15.9 Å². The van der Waals surface area contributed by atoms with E-state index in [4.69, 9.17) is 4.74 Å². The second-order valence-corrected chi connectivity index (χ2v) is 14.9. The quantitative estimate of drug-likeness (QED) is 0.244. The van der Waals surface area contributed by atoms with Crippen LogP contribution in [0.25, 0.3) is 11.1 Å². The fourth-order valence-electron chi connectivity index (χ4n) is 6.05. The van der Waals surface area contributed by atoms with Crippen LogP contribution in [0.2, 0.25) is 0 Å². The summed E-state index contributed by atoms with van der Waals surface area (Å²) in [6.07, 6.45) is 10.3. The number of sulfone groups is 1. The maximum absolute atomic E-state index is 13.2. The maximum Gasteiger partial charge on any atom is 0.326 e. The van der Waals surface area contributed by atoms with Gasteiger partial charge in [0.2, 0.25) is 0 Å². The molecule has 1 saturated heterocycles. The van der Waals surface area contributed by atoms with E-state index in [-0.39, 0.29) is 12.2 Å². The third kappa shape index (κ3) is 16.1. The van der Waals surface area contributed by atoms with Gasteiger partial charge >= 0.3 is 5.97 Å². The van der Waals surface area contributed by atoms with Crippen LogP contribution in [0.3, 0.4) is 0 Å². The summed E-state index contributed by atoms with van der Waals surface area (Å²) in [4.78, 5) is 27.3. The molecular formula is C38H62N2O7S. The first-order valence-corrected chi connectivity index (χ1v) is 19.5. The molecule has 1 saturated carbocycles. The number of methoxy groups -OCH3 is 2. The van der Waals surface area contributed by atoms with E-state index >= 15 is 0 Å². The second-order valence-electron chi connectivity index (χ2n) is 12.6. The Hall–Kier alpha value is -2.79. The van der Waals surface area contributed by atoms with Crippen molar-refractivity contribution in [1.29, 1.82) is 0 Å². The molecule has 9 nitrogen and oxygen atoms in total. The zero-order valence-corrected chi connectivity index (χ0v) is 31.5. The van der Waals surface area contributed by atoms with Gasteiger partial charge in [-0.05, 0) is 85.4 Å². The summed E-state index contributed by atoms with van der Waals surface area (Å²) in [5.74, 6) is -0.504. The summed E-state index contributed by atoms with van der Waals surface area (Å²) in [5.41, 5.74) is 4.12. The minimum atomic E-state index is -3.35. The Morgan fingerprint density at radius 2 is 1.62 bits per heavy atom. The van der Waals surface area contributed by atoms with E-state index in [0.29, 0.717) is 5.56 Å². The molecule has 1 amide bonds. The van der Waals surface area contributed by atoms with Crippen LogP contribution >= 0.6 is 0 Å². The van der Waals surface area contributed by atoms with Crippen LogP contribution in [0.4, 0.5) is 0 Å². The summed E-state index contributed by atoms with van der Waals surface area (Å²) < 4.78 is 32.3. The number of aliphatic carboxylic acids is 1. The molecule has 1 heterocycles. The number of likely N-dealkylation sites (tertiary alicyclic amines) is 1. The molecular weight excluding hydrogens is 628 g/mol. The normalized spacial score (nSPS) is 17.0. The number of carboxylic acid groups (broad SMARTS) is 1. The smallest absolute Gasteiger partial charge is 0.326 e. The van der Waals surface area contributed by atoms with E-state index in [2.05, 4.69) is 21.9 Å². The maximum atomic E-state index is 13.2. The van der Waals surface area contributed by atoms with Gasteiger partial charge in [0, 0.05) is 52.8 Å². The van der Waals surface area contributed by atoms with Crippen molar-refractivity contribution in [2.45, 2.75) is 91.6 Å². The van der Waals surface area contributed by atoms with E-state index in [1.807, 2.05) is 57.2 Å². The fourth-order valence-corrected chi connectivity index (χ4v) is 6.71. The Kier molecular flexibility index (Phi) is 21.2. The van der Waals surface area contributed by atoms with Crippen LogP contribution in [0.1, 0.15) is 93.6 Å². The molecule has 2 aliphatic rings. The molecule has 10 heteroatoms. The number of hydrogen-bond acceptors (Lipinski definition) is 7. The van der Waals surface area contributed by atoms with Gasteiger partial charge in [0.05, 0.1) is 5.75 Å². The first kappa shape index (κ1) is 43.2. The second kappa shape index (κ2) is 23.5. The highest BCUT2D eigenvalue weighted by Gasteiger charge is 2.25. The Labute approximate surface area is 290 Å². The van der Waals surface area contributed by atoms with Gasteiger partial charge in [-0.25, -0.2) is 13.2 Å². The van der Waals surface area contributed by atoms with E-state index in [1.54, 1.807) is 27.4 Å². The van der Waals surface area contributed by atoms with Crippen molar-refractivity contribution in [1.82, 2.24) is 10.2 Å². The molecule has 4 rings (SSSR count). The van der Waals surface area contributed by atoms with E-state index in [0.717, 1.165) is 66.6 Å². The van der Waals surface area contributed by atoms with Crippen molar-refractivity contribution >= 4 is 21.7 Å². The number of nitrogens with zero attached hydrogens (tertiary/aromatic N) is 1. The summed E-state index contributed by atoms with van der Waals surface area (Å²) in [6, 6.07) is 12.2. The third-order valence-corrected chi connectivity index (χ3v) is 9.60. The van der Waals surface area contributed by atoms with Crippen LogP contribution in [0.5, 0.6) is 0 Å². The molecule has 2 N–H and O–H groups in total. The van der Waals surface area contributed by atoms with Crippen LogP contribution in [-0.2, 0) is 30.7 Å². The zero-order chi connectivity index (χ0) is 36.1. The number of hydrogen-bond donors (Lipinski definition) is 2. The molecule has 2 aromatic rings. The van der Waals surface area contributed by atoms with E-state index in [9.17, 15) is 23.1 Å². The molecule has 1 aliphatic heterocycles. The minimum Gasteiger partial charge on any atom is -0.480 e. The molecule has 48 heavy (non-hydrogen) atoms. The number of nitrogens with one attached hydrogen (secondary N) is 1. The summed E-state index contributed by atoms with van der Waals surface area (Å²) in [7, 11) is 1.70. The van der Waals surface area contributed by atoms with Crippen molar-refractivity contribution in [2.75, 3.05) is 53.0 Å². The highest BCUT2D eigenvalue weighted by atomic mass is 32.2. The molecule has 2 fully saturated rings. The van der Waals surface area contributed by atoms with Crippen LogP contribution in [0, 0.1) is 18.8 Å². The summed E-state index contributed by atoms with van der Waals surface area (Å²) >= 11 is 0. The number of rotatable bonds is 12. The average molecular weight is 691 g/mol. The third-order valence-electron chi connectivity index (χ3n) is 8.63. The number of ether oxygens (including phenoxy) is 2. The molecule has 0 radical (unpaired) electrons. The van der Waals surface area contributed by atoms with Gasteiger partial charge in [-0.3, -0.25) is 9.69 Å². The lowest BCUT2D eigenvalue weighted by Crippen LogP contribution is -2.42. The number of amides is 1. The minimum absolute atomic E-state index is 0.189. The molecule has 2 aromatic carbocycles. The number of benzene rings is 2. The van der Waals surface area contributed by atoms with Crippen molar-refractivity contribution < 1.29 is 32.6 Å². The van der Waals surface area contributed by atoms with Gasteiger partial charge < -0.3 is 19.9 Å². The Bertz CT molecular complexity index is 1320. The van der Waals surface area contributed by atoms with Gasteiger partial charge in [0.15, 0.2) is 0 Å². The van der Waals surface area contributed by atoms with Crippen molar-refractivity contribution in [2.24, 2.45) is 11.8 Å². The predicted octanol–water partition coefficient (Wildman–Crippen LogP) is 7.01. The highest BCUT2D eigenvalue weighted by molar-refractivity contribution is 7.90. The van der Waals surface area contributed by atoms with Crippen LogP contribution in [0.15, 0.2) is 42.5 Å². The van der Waals surface area contributed by atoms with Crippen molar-refractivity contribution in [3.8, 4) is 11.1 Å². The Balaban J connectivity index is 0.000000688. The summed E-state index contributed by atoms with van der Waals surface area (Å²) in [6.45, 7) is 12.1. The Morgan fingerprint density at radius 1 is 0.979 bits per heavy atom. The van der Waals surface area contributed by atoms with Crippen molar-refractivity contribution in [3.63, 3.8) is 0 Å². The van der Waals surface area contributed by atoms with Crippen LogP contribution < -0.4 is 5.32 Å². The van der Waals surface area contributed by atoms with Gasteiger partial charge in [-0.1, -0.05) is 76.8 Å². The molecule has 0 spiro atoms. The molecule has 2 unspecified atom stereocenters. The first-order valence-electron chi connectivity index (χ1n) is 17.4. The van der Waals surface area contributed by atoms with E-state index < -0.39 is 27.8 Å². The van der Waals surface area contributed by atoms with E-state index in [1.165, 1.54) is 44.9 Å². The fraction of sp³-hybridized carbons (Fsp3) is 0.632. The molecule has 2 atom stereocenters. The lowest BCUT2D eigenvalue weighted by atomic mass is 9.90. The number of carbonyl (C=O) groups excluding carboxylic acids is 1. The lowest BCUT2D eigenvalue weighted by molar-refractivity contribution is -0.139. The molecule has 0 bridgehead atoms. The lowest BCUT2D eigenvalue weighted by Gasteiger charge is -2.20. The topological polar surface area (TPSA) is 122 Å². The number of carboxylic acids is 1. The van der Waals surface area contributed by atoms with Gasteiger partial charge in [-0.15, -0.1) is 0 Å². The largest absolute Gasteiger partial charge is 0.480 e. The van der Waals surface area contributed by atoms with Crippen LogP contribution in [-0.4, -0.2) is 89.4 Å². The Morgan fingerprint density at radius 3 is 2.17 bits per heavy atom. The standard InChI is InChI=1S/C26H34N2O5S.C8H16O.C2H6O.C2H6/c1-4-19-11-13-28(16-19)17-20-9-10-22(23(15-20)21-8-6-5-7-18(21)2)25(29)27-24(26(30)31)12-14-34(3,32)33;1-9-7-8-5-3-2-4-6-8;1-3-2;1-2/h5-10,15,19,24H,4,11-14,16-17H2,1-3H3,(H,27,29)(H,30,31);8H,2-7H2,1H3;1-2H3;1-2H3. The molecule has 0 aromatic heterocycles. The number of carbonyl (C=O) groups is 2.